The third kappa shape index (κ3) is 12.7. The van der Waals surface area contributed by atoms with Gasteiger partial charge in [0.05, 0.1) is 5.69 Å². The van der Waals surface area contributed by atoms with Crippen LogP contribution in [-0.2, 0) is 12.8 Å². The molecule has 2 heteroatoms. The zero-order chi connectivity index (χ0) is 56.0. The quantitative estimate of drug-likeness (QED) is 0.0557. The van der Waals surface area contributed by atoms with Crippen molar-refractivity contribution in [1.82, 2.24) is 0 Å². The molecule has 0 spiro atoms. The van der Waals surface area contributed by atoms with Crippen molar-refractivity contribution < 1.29 is 0 Å². The molecule has 0 fully saturated rings. The van der Waals surface area contributed by atoms with Crippen LogP contribution in [0.1, 0.15) is 113 Å². The molecule has 11 rings (SSSR count). The van der Waals surface area contributed by atoms with E-state index in [0.717, 1.165) is 54.1 Å². The van der Waals surface area contributed by atoms with Crippen molar-refractivity contribution in [2.75, 3.05) is 9.80 Å². The summed E-state index contributed by atoms with van der Waals surface area (Å²) < 4.78 is 0. The Bertz CT molecular complexity index is 3800. The van der Waals surface area contributed by atoms with Gasteiger partial charge in [-0.2, -0.15) is 0 Å². The number of anilines is 6. The number of rotatable bonds is 24. The van der Waals surface area contributed by atoms with E-state index >= 15 is 0 Å². The van der Waals surface area contributed by atoms with Gasteiger partial charge in [-0.15, -0.1) is 0 Å². The average Bonchev–Trinajstić information content (AvgIpc) is 3.47. The molecule has 410 valence electrons. The summed E-state index contributed by atoms with van der Waals surface area (Å²) in [5.74, 6) is 0. The highest BCUT2D eigenvalue weighted by atomic mass is 15.1. The first-order chi connectivity index (χ1) is 40.4. The topological polar surface area (TPSA) is 6.48 Å². The van der Waals surface area contributed by atoms with Crippen molar-refractivity contribution in [1.29, 1.82) is 0 Å². The van der Waals surface area contributed by atoms with E-state index in [4.69, 9.17) is 0 Å². The molecule has 0 amide bonds. The van der Waals surface area contributed by atoms with Crippen molar-refractivity contribution in [2.45, 2.75) is 118 Å². The first-order valence-electron chi connectivity index (χ1n) is 30.7. The maximum Gasteiger partial charge on any atom is 0.0543 e. The number of hydrogen-bond donors (Lipinski definition) is 0. The van der Waals surface area contributed by atoms with Crippen LogP contribution in [-0.4, -0.2) is 0 Å². The molecule has 0 heterocycles. The molecule has 0 N–H and O–H groups in total. The van der Waals surface area contributed by atoms with E-state index in [0.29, 0.717) is 0 Å². The summed E-state index contributed by atoms with van der Waals surface area (Å²) >= 11 is 0. The van der Waals surface area contributed by atoms with Crippen LogP contribution in [0, 0.1) is 13.8 Å². The van der Waals surface area contributed by atoms with Gasteiger partial charge in [-0.3, -0.25) is 0 Å². The fourth-order valence-electron chi connectivity index (χ4n) is 12.4. The third-order valence-electron chi connectivity index (χ3n) is 16.8. The average molecular weight is 1070 g/mol. The second-order valence-electron chi connectivity index (χ2n) is 22.7. The fourth-order valence-corrected chi connectivity index (χ4v) is 12.4. The van der Waals surface area contributed by atoms with Crippen molar-refractivity contribution in [3.05, 3.63) is 265 Å². The van der Waals surface area contributed by atoms with E-state index in [1.165, 1.54) is 158 Å². The predicted molar refractivity (Wildman–Crippen MR) is 356 cm³/mol. The first kappa shape index (κ1) is 55.4. The van der Waals surface area contributed by atoms with Crippen molar-refractivity contribution in [3.8, 4) is 44.5 Å². The largest absolute Gasteiger partial charge is 0.311 e. The Morgan fingerprint density at radius 3 is 1.05 bits per heavy atom. The predicted octanol–water partition coefficient (Wildman–Crippen LogP) is 24.0. The summed E-state index contributed by atoms with van der Waals surface area (Å²) in [6, 6.07) is 91.0. The van der Waals surface area contributed by atoms with Crippen molar-refractivity contribution >= 4 is 55.7 Å². The van der Waals surface area contributed by atoms with Crippen LogP contribution in [0.5, 0.6) is 0 Å². The number of hydrogen-bond acceptors (Lipinski definition) is 2. The second-order valence-corrected chi connectivity index (χ2v) is 22.7. The molecule has 0 saturated carbocycles. The van der Waals surface area contributed by atoms with Gasteiger partial charge >= 0.3 is 0 Å². The molecule has 0 aliphatic heterocycles. The Balaban J connectivity index is 1.07. The highest BCUT2D eigenvalue weighted by Crippen LogP contribution is 2.49. The number of nitrogens with zero attached hydrogens (tertiary/aromatic N) is 2. The lowest BCUT2D eigenvalue weighted by molar-refractivity contribution is 0.607. The summed E-state index contributed by atoms with van der Waals surface area (Å²) in [7, 11) is 0. The number of benzene rings is 11. The smallest absolute Gasteiger partial charge is 0.0543 e. The molecule has 2 nitrogen and oxygen atoms in total. The Morgan fingerprint density at radius 2 is 0.598 bits per heavy atom. The minimum absolute atomic E-state index is 1.01. The molecule has 11 aromatic carbocycles. The molecule has 0 aromatic heterocycles. The standard InChI is InChI=1S/C80H80N2/c1-5-7-9-11-13-17-31-66-57-77(65-45-55-70(56-46-65)81(68-47-37-59(3)38-48-68)69-51-41-63(42-52-69)61-27-19-15-20-28-61)73-33-23-25-35-75(73)79(66)80-67(32-18-14-12-10-8-6-2)58-78(74-34-24-26-36-76(74)80)82(71-49-39-60(4)40-50-71)72-53-43-64(44-54-72)62-29-21-16-22-30-62/h15-16,19-30,33-58H,5-14,17-18,31-32H2,1-4H3. The molecule has 0 bridgehead atoms. The van der Waals surface area contributed by atoms with Gasteiger partial charge in [-0.1, -0.05) is 259 Å². The number of aryl methyl sites for hydroxylation is 4. The van der Waals surface area contributed by atoms with E-state index in [2.05, 4.69) is 280 Å². The zero-order valence-electron chi connectivity index (χ0n) is 48.9. The van der Waals surface area contributed by atoms with Crippen LogP contribution in [0.25, 0.3) is 66.1 Å². The maximum atomic E-state index is 2.60. The SMILES string of the molecule is CCCCCCCCc1cc(-c2ccc(N(c3ccc(C)cc3)c3ccc(-c4ccccc4)cc3)cc2)c2ccccc2c1-c1c(CCCCCCCC)cc(N(c2ccc(C)cc2)c2ccc(-c3ccccc3)cc2)c2ccccc12. The molecule has 0 unspecified atom stereocenters. The molecular formula is C80H80N2. The van der Waals surface area contributed by atoms with E-state index in [1.807, 2.05) is 0 Å². The molecule has 0 radical (unpaired) electrons. The lowest BCUT2D eigenvalue weighted by Crippen LogP contribution is -2.12. The molecule has 0 atom stereocenters. The van der Waals surface area contributed by atoms with Crippen LogP contribution in [0.3, 0.4) is 0 Å². The minimum Gasteiger partial charge on any atom is -0.311 e. The number of fused-ring (bicyclic) bond motifs is 2. The molecule has 82 heavy (non-hydrogen) atoms. The summed E-state index contributed by atoms with van der Waals surface area (Å²) in [6.07, 6.45) is 17.1. The summed E-state index contributed by atoms with van der Waals surface area (Å²) in [4.78, 5) is 4.91. The van der Waals surface area contributed by atoms with Crippen LogP contribution in [0.15, 0.2) is 243 Å². The third-order valence-corrected chi connectivity index (χ3v) is 16.8. The van der Waals surface area contributed by atoms with Crippen LogP contribution >= 0.6 is 0 Å². The van der Waals surface area contributed by atoms with E-state index < -0.39 is 0 Å². The van der Waals surface area contributed by atoms with Gasteiger partial charge in [0.1, 0.15) is 0 Å². The van der Waals surface area contributed by atoms with Gasteiger partial charge in [-0.25, -0.2) is 0 Å². The van der Waals surface area contributed by atoms with Gasteiger partial charge in [0, 0.05) is 33.8 Å². The highest BCUT2D eigenvalue weighted by Gasteiger charge is 2.25. The van der Waals surface area contributed by atoms with Gasteiger partial charge in [0.25, 0.3) is 0 Å². The normalized spacial score (nSPS) is 11.4. The maximum absolute atomic E-state index is 2.60. The van der Waals surface area contributed by atoms with E-state index in [9.17, 15) is 0 Å². The van der Waals surface area contributed by atoms with Gasteiger partial charge < -0.3 is 9.80 Å². The molecule has 0 saturated heterocycles. The first-order valence-corrected chi connectivity index (χ1v) is 30.7. The van der Waals surface area contributed by atoms with Gasteiger partial charge in [0.15, 0.2) is 0 Å². The Kier molecular flexibility index (Phi) is 18.2. The molecule has 0 aliphatic carbocycles. The second kappa shape index (κ2) is 26.9. The Morgan fingerprint density at radius 1 is 0.268 bits per heavy atom. The van der Waals surface area contributed by atoms with Crippen molar-refractivity contribution in [3.63, 3.8) is 0 Å². The number of unbranched alkanes of at least 4 members (excludes halogenated alkanes) is 10. The van der Waals surface area contributed by atoms with E-state index in [1.54, 1.807) is 0 Å². The zero-order valence-corrected chi connectivity index (χ0v) is 48.9. The minimum atomic E-state index is 1.01. The van der Waals surface area contributed by atoms with Gasteiger partial charge in [0.2, 0.25) is 0 Å². The molecule has 11 aromatic rings. The molecular weight excluding hydrogens is 989 g/mol. The summed E-state index contributed by atoms with van der Waals surface area (Å²) in [5, 5.41) is 5.21. The Labute approximate surface area is 489 Å². The monoisotopic (exact) mass is 1070 g/mol. The van der Waals surface area contributed by atoms with Crippen LogP contribution < -0.4 is 9.80 Å². The lowest BCUT2D eigenvalue weighted by Gasteiger charge is -2.30. The highest BCUT2D eigenvalue weighted by molar-refractivity contribution is 6.14. The van der Waals surface area contributed by atoms with Crippen LogP contribution in [0.2, 0.25) is 0 Å². The lowest BCUT2D eigenvalue weighted by atomic mass is 9.81. The van der Waals surface area contributed by atoms with Gasteiger partial charge in [-0.05, 0) is 184 Å². The van der Waals surface area contributed by atoms with E-state index in [-0.39, 0.29) is 0 Å². The van der Waals surface area contributed by atoms with Crippen LogP contribution in [0.4, 0.5) is 34.1 Å². The fraction of sp³-hybridized carbons (Fsp3) is 0.225. The summed E-state index contributed by atoms with van der Waals surface area (Å²) in [5.41, 5.74) is 22.5. The van der Waals surface area contributed by atoms with Crippen molar-refractivity contribution in [2.24, 2.45) is 0 Å². The summed E-state index contributed by atoms with van der Waals surface area (Å²) in [6.45, 7) is 8.98. The Hall–Kier alpha value is -8.46. The molecule has 0 aliphatic rings.